The Hall–Kier alpha value is -3.65. The van der Waals surface area contributed by atoms with Crippen molar-refractivity contribution in [2.45, 2.75) is 6.18 Å². The molecule has 0 aliphatic rings. The summed E-state index contributed by atoms with van der Waals surface area (Å²) in [7, 11) is 0. The van der Waals surface area contributed by atoms with Crippen LogP contribution in [0.25, 0.3) is 22.3 Å². The number of rotatable bonds is 3. The van der Waals surface area contributed by atoms with E-state index < -0.39 is 17.3 Å². The number of aromatic nitrogens is 2. The van der Waals surface area contributed by atoms with E-state index in [1.165, 1.54) is 36.5 Å². The Morgan fingerprint density at radius 3 is 2.55 bits per heavy atom. The molecule has 0 saturated carbocycles. The summed E-state index contributed by atoms with van der Waals surface area (Å²) in [6.45, 7) is 0. The number of phenolic OH excluding ortho intramolecular Hbond substituents is 1. The first-order chi connectivity index (χ1) is 14.7. The molecule has 0 saturated heterocycles. The normalized spacial score (nSPS) is 12.0. The summed E-state index contributed by atoms with van der Waals surface area (Å²) < 4.78 is 40.6. The van der Waals surface area contributed by atoms with Crippen molar-refractivity contribution in [3.63, 3.8) is 0 Å². The molecular formula is C22H13ClF3N3O2. The van der Waals surface area contributed by atoms with Gasteiger partial charge in [-0.15, -0.1) is 0 Å². The Morgan fingerprint density at radius 2 is 1.81 bits per heavy atom. The minimum Gasteiger partial charge on any atom is -0.506 e. The number of benzene rings is 3. The number of hydrogen-bond donors (Lipinski definition) is 1. The van der Waals surface area contributed by atoms with Gasteiger partial charge in [-0.3, -0.25) is 4.79 Å². The van der Waals surface area contributed by atoms with Crippen LogP contribution < -0.4 is 5.56 Å². The Balaban J connectivity index is 1.93. The largest absolute Gasteiger partial charge is 0.506 e. The van der Waals surface area contributed by atoms with Crippen molar-refractivity contribution in [2.75, 3.05) is 0 Å². The minimum absolute atomic E-state index is 0.0454. The lowest BCUT2D eigenvalue weighted by molar-refractivity contribution is -0.137. The molecule has 0 atom stereocenters. The highest BCUT2D eigenvalue weighted by Crippen LogP contribution is 2.32. The monoisotopic (exact) mass is 443 g/mol. The van der Waals surface area contributed by atoms with Crippen LogP contribution in [-0.2, 0) is 6.18 Å². The molecule has 0 aliphatic carbocycles. The summed E-state index contributed by atoms with van der Waals surface area (Å²) in [6.07, 6.45) is -3.25. The van der Waals surface area contributed by atoms with E-state index in [4.69, 9.17) is 11.6 Å². The molecule has 0 fully saturated rings. The van der Waals surface area contributed by atoms with Crippen LogP contribution in [0.2, 0.25) is 5.02 Å². The zero-order valence-electron chi connectivity index (χ0n) is 15.6. The van der Waals surface area contributed by atoms with Gasteiger partial charge < -0.3 is 5.11 Å². The Bertz CT molecular complexity index is 1380. The molecule has 0 unspecified atom stereocenters. The van der Waals surface area contributed by atoms with Crippen molar-refractivity contribution in [2.24, 2.45) is 5.10 Å². The molecule has 4 rings (SSSR count). The zero-order chi connectivity index (χ0) is 22.2. The summed E-state index contributed by atoms with van der Waals surface area (Å²) >= 11 is 5.89. The average Bonchev–Trinajstić information content (AvgIpc) is 2.75. The first-order valence-corrected chi connectivity index (χ1v) is 9.34. The number of nitrogens with zero attached hydrogens (tertiary/aromatic N) is 3. The van der Waals surface area contributed by atoms with Gasteiger partial charge in [0.25, 0.3) is 5.56 Å². The summed E-state index contributed by atoms with van der Waals surface area (Å²) in [4.78, 5) is 17.5. The van der Waals surface area contributed by atoms with Crippen LogP contribution in [0.3, 0.4) is 0 Å². The number of phenols is 1. The van der Waals surface area contributed by atoms with E-state index in [-0.39, 0.29) is 27.5 Å². The first-order valence-electron chi connectivity index (χ1n) is 8.96. The Morgan fingerprint density at radius 1 is 1.03 bits per heavy atom. The van der Waals surface area contributed by atoms with Gasteiger partial charge >= 0.3 is 6.18 Å². The van der Waals surface area contributed by atoms with E-state index in [1.54, 1.807) is 24.3 Å². The predicted octanol–water partition coefficient (Wildman–Crippen LogP) is 5.32. The maximum absolute atomic E-state index is 13.2. The van der Waals surface area contributed by atoms with Crippen molar-refractivity contribution in [1.82, 2.24) is 9.66 Å². The second-order valence-corrected chi connectivity index (χ2v) is 7.01. The molecule has 1 heterocycles. The van der Waals surface area contributed by atoms with Crippen molar-refractivity contribution >= 4 is 28.7 Å². The Labute approximate surface area is 178 Å². The summed E-state index contributed by atoms with van der Waals surface area (Å²) in [6, 6.07) is 15.3. The number of fused-ring (bicyclic) bond motifs is 1. The van der Waals surface area contributed by atoms with E-state index in [0.717, 1.165) is 16.8 Å². The summed E-state index contributed by atoms with van der Waals surface area (Å²) in [5.41, 5.74) is -0.525. The number of hydrogen-bond acceptors (Lipinski definition) is 4. The van der Waals surface area contributed by atoms with Crippen molar-refractivity contribution < 1.29 is 18.3 Å². The molecule has 0 bridgehead atoms. The van der Waals surface area contributed by atoms with Crippen LogP contribution in [0, 0.1) is 0 Å². The zero-order valence-corrected chi connectivity index (χ0v) is 16.4. The van der Waals surface area contributed by atoms with Gasteiger partial charge in [0, 0.05) is 5.56 Å². The second kappa shape index (κ2) is 7.88. The molecule has 1 aromatic heterocycles. The Kier molecular flexibility index (Phi) is 5.24. The lowest BCUT2D eigenvalue weighted by Gasteiger charge is -2.12. The van der Waals surface area contributed by atoms with Crippen LogP contribution in [0.1, 0.15) is 11.1 Å². The second-order valence-electron chi connectivity index (χ2n) is 6.60. The molecule has 3 aromatic carbocycles. The van der Waals surface area contributed by atoms with E-state index in [0.29, 0.717) is 11.1 Å². The van der Waals surface area contributed by atoms with Crippen LogP contribution in [0.4, 0.5) is 13.2 Å². The standard InChI is InChI=1S/C22H13ClF3N3O2/c23-17-10-13(8-9-19(17)30)12-27-29-20(14-4-3-5-15(11-14)22(24,25)26)28-18-7-2-1-6-16(18)21(29)31/h1-12,30H. The quantitative estimate of drug-likeness (QED) is 0.435. The third-order valence-electron chi connectivity index (χ3n) is 4.50. The number of halogens is 4. The smallest absolute Gasteiger partial charge is 0.416 e. The predicted molar refractivity (Wildman–Crippen MR) is 113 cm³/mol. The molecule has 4 aromatic rings. The van der Waals surface area contributed by atoms with Crippen LogP contribution >= 0.6 is 11.6 Å². The van der Waals surface area contributed by atoms with E-state index in [1.807, 2.05) is 0 Å². The van der Waals surface area contributed by atoms with Crippen molar-refractivity contribution in [1.29, 1.82) is 0 Å². The first kappa shape index (κ1) is 20.6. The highest BCUT2D eigenvalue weighted by molar-refractivity contribution is 6.32. The lowest BCUT2D eigenvalue weighted by Crippen LogP contribution is -2.20. The minimum atomic E-state index is -4.55. The molecule has 1 N–H and O–H groups in total. The molecule has 0 spiro atoms. The number of para-hydroxylation sites is 1. The lowest BCUT2D eigenvalue weighted by atomic mass is 10.1. The molecular weight excluding hydrogens is 431 g/mol. The van der Waals surface area contributed by atoms with Gasteiger partial charge in [-0.1, -0.05) is 35.9 Å². The highest BCUT2D eigenvalue weighted by atomic mass is 35.5. The van der Waals surface area contributed by atoms with Gasteiger partial charge in [0.1, 0.15) is 5.75 Å². The van der Waals surface area contributed by atoms with Crippen LogP contribution in [0.5, 0.6) is 5.75 Å². The SMILES string of the molecule is O=c1c2ccccc2nc(-c2cccc(C(F)(F)F)c2)n1N=Cc1ccc(O)c(Cl)c1. The number of alkyl halides is 3. The molecule has 5 nitrogen and oxygen atoms in total. The van der Waals surface area contributed by atoms with Crippen LogP contribution in [-0.4, -0.2) is 21.0 Å². The van der Waals surface area contributed by atoms with Gasteiger partial charge in [-0.25, -0.2) is 4.98 Å². The van der Waals surface area contributed by atoms with E-state index >= 15 is 0 Å². The van der Waals surface area contributed by atoms with Crippen molar-refractivity contribution in [3.8, 4) is 17.1 Å². The average molecular weight is 444 g/mol. The van der Waals surface area contributed by atoms with Crippen molar-refractivity contribution in [3.05, 3.63) is 93.2 Å². The fourth-order valence-electron chi connectivity index (χ4n) is 2.98. The molecule has 0 aliphatic heterocycles. The van der Waals surface area contributed by atoms with Gasteiger partial charge in [0.2, 0.25) is 0 Å². The van der Waals surface area contributed by atoms with Gasteiger partial charge in [-0.05, 0) is 48.0 Å². The fourth-order valence-corrected chi connectivity index (χ4v) is 3.17. The topological polar surface area (TPSA) is 67.5 Å². The molecule has 31 heavy (non-hydrogen) atoms. The van der Waals surface area contributed by atoms with Gasteiger partial charge in [0.15, 0.2) is 5.82 Å². The number of aromatic hydroxyl groups is 1. The third kappa shape index (κ3) is 4.15. The molecule has 0 amide bonds. The van der Waals surface area contributed by atoms with E-state index in [9.17, 15) is 23.1 Å². The molecule has 156 valence electrons. The van der Waals surface area contributed by atoms with Gasteiger partial charge in [-0.2, -0.15) is 22.9 Å². The molecule has 0 radical (unpaired) electrons. The third-order valence-corrected chi connectivity index (χ3v) is 4.80. The van der Waals surface area contributed by atoms with Crippen LogP contribution in [0.15, 0.2) is 76.6 Å². The highest BCUT2D eigenvalue weighted by Gasteiger charge is 2.30. The fraction of sp³-hybridized carbons (Fsp3) is 0.0455. The maximum Gasteiger partial charge on any atom is 0.416 e. The summed E-state index contributed by atoms with van der Waals surface area (Å²) in [5.74, 6) is -0.163. The molecule has 9 heteroatoms. The maximum atomic E-state index is 13.2. The summed E-state index contributed by atoms with van der Waals surface area (Å²) in [5, 5.41) is 14.1. The van der Waals surface area contributed by atoms with E-state index in [2.05, 4.69) is 10.1 Å². The van der Waals surface area contributed by atoms with Gasteiger partial charge in [0.05, 0.1) is 27.7 Å².